The van der Waals surface area contributed by atoms with E-state index in [2.05, 4.69) is 5.32 Å². The molecule has 0 amide bonds. The third-order valence-electron chi connectivity index (χ3n) is 1.42. The molecular weight excluding hydrogens is 130 g/mol. The number of nitrogens with one attached hydrogen (secondary N) is 1. The lowest BCUT2D eigenvalue weighted by atomic mass is 10.2. The Kier molecular flexibility index (Phi) is 5.58. The zero-order chi connectivity index (χ0) is 7.98. The van der Waals surface area contributed by atoms with Crippen molar-refractivity contribution in [2.24, 2.45) is 0 Å². The van der Waals surface area contributed by atoms with E-state index in [0.29, 0.717) is 13.0 Å². The van der Waals surface area contributed by atoms with Gasteiger partial charge < -0.3 is 15.5 Å². The van der Waals surface area contributed by atoms with Crippen LogP contribution in [0.1, 0.15) is 20.3 Å². The molecule has 1 aliphatic heterocycles. The summed E-state index contributed by atoms with van der Waals surface area (Å²) >= 11 is 0. The molecule has 1 aliphatic rings. The average Bonchev–Trinajstić information content (AvgIpc) is 2.40. The summed E-state index contributed by atoms with van der Waals surface area (Å²) in [6.45, 7) is 4.77. The topological polar surface area (TPSA) is 52.5 Å². The number of aliphatic hydroxyl groups is 2. The number of hydrogen-bond donors (Lipinski definition) is 3. The standard InChI is InChI=1S/C5H11NO2.C2H6/c7-3-4-1-5(8)2-6-4;1-2/h4-8H,1-3H2;1-2H3/t4-,5-;/m1./s1. The summed E-state index contributed by atoms with van der Waals surface area (Å²) in [5.41, 5.74) is 0. The van der Waals surface area contributed by atoms with Gasteiger partial charge in [-0.15, -0.1) is 0 Å². The van der Waals surface area contributed by atoms with Gasteiger partial charge in [-0.05, 0) is 6.42 Å². The molecule has 0 radical (unpaired) electrons. The van der Waals surface area contributed by atoms with Crippen LogP contribution in [0.3, 0.4) is 0 Å². The van der Waals surface area contributed by atoms with Crippen LogP contribution in [0.15, 0.2) is 0 Å². The molecule has 1 saturated heterocycles. The first-order valence-corrected chi connectivity index (χ1v) is 3.85. The molecule has 0 aromatic heterocycles. The molecule has 3 heteroatoms. The van der Waals surface area contributed by atoms with Crippen LogP contribution in [-0.2, 0) is 0 Å². The Balaban J connectivity index is 0.000000371. The zero-order valence-electron chi connectivity index (χ0n) is 6.67. The van der Waals surface area contributed by atoms with Crippen LogP contribution in [0.5, 0.6) is 0 Å². The van der Waals surface area contributed by atoms with E-state index in [1.165, 1.54) is 0 Å². The van der Waals surface area contributed by atoms with Crippen molar-refractivity contribution in [3.05, 3.63) is 0 Å². The van der Waals surface area contributed by atoms with Crippen molar-refractivity contribution in [1.29, 1.82) is 0 Å². The molecule has 0 saturated carbocycles. The highest BCUT2D eigenvalue weighted by molar-refractivity contribution is 4.79. The van der Waals surface area contributed by atoms with Gasteiger partial charge in [0.2, 0.25) is 0 Å². The minimum Gasteiger partial charge on any atom is -0.395 e. The van der Waals surface area contributed by atoms with Crippen LogP contribution < -0.4 is 5.32 Å². The monoisotopic (exact) mass is 147 g/mol. The second kappa shape index (κ2) is 5.65. The Morgan fingerprint density at radius 1 is 1.50 bits per heavy atom. The van der Waals surface area contributed by atoms with Gasteiger partial charge in [-0.2, -0.15) is 0 Å². The first kappa shape index (κ1) is 9.88. The average molecular weight is 147 g/mol. The minimum atomic E-state index is -0.243. The van der Waals surface area contributed by atoms with Crippen molar-refractivity contribution in [2.75, 3.05) is 13.2 Å². The molecule has 10 heavy (non-hydrogen) atoms. The van der Waals surface area contributed by atoms with Crippen molar-refractivity contribution in [1.82, 2.24) is 5.32 Å². The fourth-order valence-electron chi connectivity index (χ4n) is 0.937. The van der Waals surface area contributed by atoms with E-state index in [9.17, 15) is 0 Å². The molecule has 0 aromatic carbocycles. The second-order valence-electron chi connectivity index (χ2n) is 2.18. The molecule has 3 nitrogen and oxygen atoms in total. The second-order valence-corrected chi connectivity index (χ2v) is 2.18. The van der Waals surface area contributed by atoms with Crippen molar-refractivity contribution in [3.63, 3.8) is 0 Å². The lowest BCUT2D eigenvalue weighted by Gasteiger charge is -2.01. The first-order chi connectivity index (χ1) is 4.83. The normalized spacial score (nSPS) is 31.2. The molecule has 0 unspecified atom stereocenters. The van der Waals surface area contributed by atoms with Crippen LogP contribution in [0.4, 0.5) is 0 Å². The summed E-state index contributed by atoms with van der Waals surface area (Å²) in [5, 5.41) is 20.3. The van der Waals surface area contributed by atoms with Crippen LogP contribution in [0, 0.1) is 0 Å². The van der Waals surface area contributed by atoms with E-state index in [0.717, 1.165) is 0 Å². The minimum absolute atomic E-state index is 0.130. The van der Waals surface area contributed by atoms with Crippen LogP contribution in [-0.4, -0.2) is 35.5 Å². The smallest absolute Gasteiger partial charge is 0.0680 e. The molecule has 2 atom stereocenters. The number of β-amino-alcohol motifs (C(OH)–C–C–N with tert-alkyl or cyclic N) is 1. The number of aliphatic hydroxyl groups excluding tert-OH is 2. The van der Waals surface area contributed by atoms with E-state index in [1.807, 2.05) is 13.8 Å². The third-order valence-corrected chi connectivity index (χ3v) is 1.42. The molecule has 0 spiro atoms. The van der Waals surface area contributed by atoms with Crippen LogP contribution in [0.2, 0.25) is 0 Å². The number of hydrogen-bond acceptors (Lipinski definition) is 3. The third kappa shape index (κ3) is 3.15. The maximum atomic E-state index is 8.86. The van der Waals surface area contributed by atoms with Crippen LogP contribution in [0.25, 0.3) is 0 Å². The summed E-state index contributed by atoms with van der Waals surface area (Å²) in [6.07, 6.45) is 0.448. The Labute approximate surface area is 62.1 Å². The fraction of sp³-hybridized carbons (Fsp3) is 1.00. The molecule has 0 aliphatic carbocycles. The highest BCUT2D eigenvalue weighted by atomic mass is 16.3. The van der Waals surface area contributed by atoms with Gasteiger partial charge in [0.25, 0.3) is 0 Å². The number of rotatable bonds is 1. The molecule has 1 fully saturated rings. The maximum absolute atomic E-state index is 8.86. The molecule has 0 aromatic rings. The van der Waals surface area contributed by atoms with Gasteiger partial charge in [0, 0.05) is 12.6 Å². The van der Waals surface area contributed by atoms with E-state index >= 15 is 0 Å². The van der Waals surface area contributed by atoms with Gasteiger partial charge in [-0.3, -0.25) is 0 Å². The lowest BCUT2D eigenvalue weighted by Crippen LogP contribution is -2.24. The highest BCUT2D eigenvalue weighted by Crippen LogP contribution is 2.03. The fourth-order valence-corrected chi connectivity index (χ4v) is 0.937. The Morgan fingerprint density at radius 2 is 2.10 bits per heavy atom. The summed E-state index contributed by atoms with van der Waals surface area (Å²) in [5.74, 6) is 0. The van der Waals surface area contributed by atoms with Gasteiger partial charge in [-0.25, -0.2) is 0 Å². The van der Waals surface area contributed by atoms with Crippen molar-refractivity contribution >= 4 is 0 Å². The Morgan fingerprint density at radius 3 is 2.30 bits per heavy atom. The largest absolute Gasteiger partial charge is 0.395 e. The predicted octanol–water partition coefficient (Wildman–Crippen LogP) is -0.272. The Hall–Kier alpha value is -0.120. The van der Waals surface area contributed by atoms with Crippen molar-refractivity contribution in [3.8, 4) is 0 Å². The predicted molar refractivity (Wildman–Crippen MR) is 40.8 cm³/mol. The molecule has 3 N–H and O–H groups in total. The van der Waals surface area contributed by atoms with Gasteiger partial charge in [-0.1, -0.05) is 13.8 Å². The van der Waals surface area contributed by atoms with Crippen molar-refractivity contribution in [2.45, 2.75) is 32.4 Å². The van der Waals surface area contributed by atoms with Gasteiger partial charge in [0.05, 0.1) is 12.7 Å². The van der Waals surface area contributed by atoms with E-state index in [-0.39, 0.29) is 18.8 Å². The van der Waals surface area contributed by atoms with Gasteiger partial charge in [0.1, 0.15) is 0 Å². The SMILES string of the molecule is CC.OC[C@H]1C[C@@H](O)CN1. The van der Waals surface area contributed by atoms with Crippen LogP contribution >= 0.6 is 0 Å². The molecular formula is C7H17NO2. The van der Waals surface area contributed by atoms with Gasteiger partial charge >= 0.3 is 0 Å². The van der Waals surface area contributed by atoms with E-state index in [4.69, 9.17) is 10.2 Å². The molecule has 0 bridgehead atoms. The van der Waals surface area contributed by atoms with Crippen molar-refractivity contribution < 1.29 is 10.2 Å². The van der Waals surface area contributed by atoms with Gasteiger partial charge in [0.15, 0.2) is 0 Å². The quantitative estimate of drug-likeness (QED) is 0.478. The summed E-state index contributed by atoms with van der Waals surface area (Å²) in [6, 6.07) is 0.130. The molecule has 1 rings (SSSR count). The van der Waals surface area contributed by atoms with E-state index < -0.39 is 0 Å². The zero-order valence-corrected chi connectivity index (χ0v) is 6.67. The first-order valence-electron chi connectivity index (χ1n) is 3.85. The van der Waals surface area contributed by atoms with E-state index in [1.54, 1.807) is 0 Å². The maximum Gasteiger partial charge on any atom is 0.0680 e. The molecule has 62 valence electrons. The highest BCUT2D eigenvalue weighted by Gasteiger charge is 2.20. The summed E-state index contributed by atoms with van der Waals surface area (Å²) < 4.78 is 0. The molecule has 1 heterocycles. The summed E-state index contributed by atoms with van der Waals surface area (Å²) in [4.78, 5) is 0. The Bertz CT molecular complexity index is 78.0. The lowest BCUT2D eigenvalue weighted by molar-refractivity contribution is 0.184. The summed E-state index contributed by atoms with van der Waals surface area (Å²) in [7, 11) is 0.